The molecule has 0 bridgehead atoms. The van der Waals surface area contributed by atoms with E-state index in [4.69, 9.17) is 13.9 Å². The van der Waals surface area contributed by atoms with Gasteiger partial charge in [0.1, 0.15) is 23.3 Å². The number of amides is 1. The summed E-state index contributed by atoms with van der Waals surface area (Å²) in [5.41, 5.74) is 2.93. The minimum Gasteiger partial charge on any atom is -0.497 e. The van der Waals surface area contributed by atoms with E-state index in [0.29, 0.717) is 17.9 Å². The molecule has 154 valence electrons. The maximum Gasteiger partial charge on any atom is 0.281 e. The minimum atomic E-state index is -0.296. The molecule has 1 atom stereocenters. The summed E-state index contributed by atoms with van der Waals surface area (Å²) in [6.07, 6.45) is 3.08. The molecule has 0 spiro atoms. The zero-order valence-corrected chi connectivity index (χ0v) is 17.1. The Labute approximate surface area is 175 Å². The molecule has 0 aliphatic carbocycles. The third-order valence-corrected chi connectivity index (χ3v) is 5.13. The number of aryl methyl sites for hydroxylation is 1. The lowest BCUT2D eigenvalue weighted by Gasteiger charge is -2.20. The van der Waals surface area contributed by atoms with Crippen LogP contribution in [0.3, 0.4) is 0 Å². The van der Waals surface area contributed by atoms with E-state index in [9.17, 15) is 4.79 Å². The third-order valence-electron chi connectivity index (χ3n) is 5.13. The number of rotatable bonds is 7. The monoisotopic (exact) mass is 404 g/mol. The summed E-state index contributed by atoms with van der Waals surface area (Å²) in [7, 11) is 1.63. The Hall–Kier alpha value is -3.54. The van der Waals surface area contributed by atoms with Crippen molar-refractivity contribution in [3.63, 3.8) is 0 Å². The molecule has 4 rings (SSSR count). The van der Waals surface area contributed by atoms with Crippen LogP contribution in [-0.2, 0) is 11.2 Å². The fraction of sp³-hybridized carbons (Fsp3) is 0.250. The Morgan fingerprint density at radius 2 is 1.97 bits per heavy atom. The molecule has 0 N–H and O–H groups in total. The Morgan fingerprint density at radius 3 is 2.67 bits per heavy atom. The van der Waals surface area contributed by atoms with Crippen molar-refractivity contribution in [2.24, 2.45) is 5.10 Å². The molecule has 1 aromatic heterocycles. The molecule has 30 heavy (non-hydrogen) atoms. The first-order chi connectivity index (χ1) is 14.7. The molecule has 0 saturated heterocycles. The molecule has 0 unspecified atom stereocenters. The first kappa shape index (κ1) is 19.8. The highest BCUT2D eigenvalue weighted by Crippen LogP contribution is 2.33. The molecule has 1 amide bonds. The van der Waals surface area contributed by atoms with Crippen LogP contribution in [0.2, 0.25) is 0 Å². The lowest BCUT2D eigenvalue weighted by atomic mass is 10.0. The Bertz CT molecular complexity index is 1030. The van der Waals surface area contributed by atoms with Gasteiger partial charge in [-0.3, -0.25) is 4.79 Å². The molecular weight excluding hydrogens is 380 g/mol. The summed E-state index contributed by atoms with van der Waals surface area (Å²) in [5, 5.41) is 6.09. The van der Waals surface area contributed by atoms with Crippen LogP contribution in [0.25, 0.3) is 0 Å². The lowest BCUT2D eigenvalue weighted by molar-refractivity contribution is -0.135. The van der Waals surface area contributed by atoms with E-state index in [1.54, 1.807) is 13.4 Å². The number of hydrogen-bond acceptors (Lipinski definition) is 5. The van der Waals surface area contributed by atoms with Crippen molar-refractivity contribution >= 4 is 11.6 Å². The highest BCUT2D eigenvalue weighted by Gasteiger charge is 2.35. The van der Waals surface area contributed by atoms with Crippen LogP contribution in [0.15, 0.2) is 76.4 Å². The topological polar surface area (TPSA) is 64.3 Å². The summed E-state index contributed by atoms with van der Waals surface area (Å²) in [4.78, 5) is 13.0. The number of ether oxygens (including phenoxy) is 2. The molecular formula is C24H24N2O4. The van der Waals surface area contributed by atoms with E-state index in [1.165, 1.54) is 5.01 Å². The van der Waals surface area contributed by atoms with Crippen molar-refractivity contribution in [3.05, 3.63) is 83.8 Å². The van der Waals surface area contributed by atoms with Gasteiger partial charge in [0, 0.05) is 6.42 Å². The van der Waals surface area contributed by atoms with Gasteiger partial charge in [-0.15, -0.1) is 0 Å². The van der Waals surface area contributed by atoms with E-state index in [2.05, 4.69) is 12.0 Å². The molecule has 0 radical (unpaired) electrons. The first-order valence-electron chi connectivity index (χ1n) is 9.97. The van der Waals surface area contributed by atoms with Gasteiger partial charge in [0.05, 0.1) is 19.1 Å². The average molecular weight is 404 g/mol. The summed E-state index contributed by atoms with van der Waals surface area (Å²) < 4.78 is 16.6. The van der Waals surface area contributed by atoms with Gasteiger partial charge in [-0.25, -0.2) is 5.01 Å². The van der Waals surface area contributed by atoms with E-state index >= 15 is 0 Å². The Kier molecular flexibility index (Phi) is 5.84. The smallest absolute Gasteiger partial charge is 0.281 e. The molecule has 0 saturated carbocycles. The zero-order chi connectivity index (χ0) is 20.9. The van der Waals surface area contributed by atoms with Crippen LogP contribution in [0.1, 0.15) is 36.3 Å². The summed E-state index contributed by atoms with van der Waals surface area (Å²) in [6, 6.07) is 18.8. The molecule has 3 aromatic rings. The second kappa shape index (κ2) is 8.86. The minimum absolute atomic E-state index is 0.0935. The number of nitrogens with zero attached hydrogens (tertiary/aromatic N) is 2. The predicted octanol–water partition coefficient (Wildman–Crippen LogP) is 4.61. The van der Waals surface area contributed by atoms with E-state index < -0.39 is 0 Å². The number of hydrogen-bond donors (Lipinski definition) is 0. The molecule has 2 aromatic carbocycles. The van der Waals surface area contributed by atoms with Crippen molar-refractivity contribution in [1.82, 2.24) is 5.01 Å². The van der Waals surface area contributed by atoms with Crippen molar-refractivity contribution in [2.45, 2.75) is 25.8 Å². The molecule has 6 nitrogen and oxygen atoms in total. The van der Waals surface area contributed by atoms with E-state index in [0.717, 1.165) is 29.0 Å². The molecule has 1 aliphatic rings. The second-order valence-corrected chi connectivity index (χ2v) is 7.04. The highest BCUT2D eigenvalue weighted by molar-refractivity contribution is 6.03. The van der Waals surface area contributed by atoms with Crippen LogP contribution in [0.5, 0.6) is 11.5 Å². The summed E-state index contributed by atoms with van der Waals surface area (Å²) >= 11 is 0. The number of carbonyl (C=O) groups is 1. The fourth-order valence-electron chi connectivity index (χ4n) is 3.47. The second-order valence-electron chi connectivity index (χ2n) is 7.04. The van der Waals surface area contributed by atoms with Crippen LogP contribution >= 0.6 is 0 Å². The summed E-state index contributed by atoms with van der Waals surface area (Å²) in [5.74, 6) is 1.93. The van der Waals surface area contributed by atoms with Gasteiger partial charge in [-0.1, -0.05) is 19.1 Å². The standard InChI is InChI=1S/C24H24N2O4/c1-3-17-6-4-7-20(14-17)30-16-24(27)26-22(23-8-5-13-29-23)15-21(25-26)18-9-11-19(28-2)12-10-18/h4-14,22H,3,15-16H2,1-2H3/t22-/m1/s1. The van der Waals surface area contributed by atoms with Crippen molar-refractivity contribution in [3.8, 4) is 11.5 Å². The molecule has 1 aliphatic heterocycles. The number of hydrazone groups is 1. The van der Waals surface area contributed by atoms with Crippen molar-refractivity contribution in [1.29, 1.82) is 0 Å². The number of carbonyl (C=O) groups excluding carboxylic acids is 1. The summed E-state index contributed by atoms with van der Waals surface area (Å²) in [6.45, 7) is 1.99. The number of methoxy groups -OCH3 is 1. The third kappa shape index (κ3) is 4.22. The van der Waals surface area contributed by atoms with Crippen LogP contribution < -0.4 is 9.47 Å². The van der Waals surface area contributed by atoms with Crippen molar-refractivity contribution in [2.75, 3.05) is 13.7 Å². The normalized spacial score (nSPS) is 15.7. The van der Waals surface area contributed by atoms with Crippen LogP contribution in [0, 0.1) is 0 Å². The Balaban J connectivity index is 1.53. The van der Waals surface area contributed by atoms with Gasteiger partial charge in [-0.2, -0.15) is 5.10 Å². The van der Waals surface area contributed by atoms with Gasteiger partial charge < -0.3 is 13.9 Å². The van der Waals surface area contributed by atoms with E-state index in [1.807, 2.05) is 60.7 Å². The molecule has 0 fully saturated rings. The van der Waals surface area contributed by atoms with E-state index in [-0.39, 0.29) is 18.6 Å². The maximum absolute atomic E-state index is 13.0. The van der Waals surface area contributed by atoms with Gasteiger partial charge in [0.15, 0.2) is 6.61 Å². The maximum atomic E-state index is 13.0. The van der Waals surface area contributed by atoms with Gasteiger partial charge in [0.2, 0.25) is 0 Å². The lowest BCUT2D eigenvalue weighted by Crippen LogP contribution is -2.31. The van der Waals surface area contributed by atoms with Crippen LogP contribution in [-0.4, -0.2) is 30.3 Å². The van der Waals surface area contributed by atoms with Gasteiger partial charge >= 0.3 is 0 Å². The van der Waals surface area contributed by atoms with Crippen molar-refractivity contribution < 1.29 is 18.7 Å². The Morgan fingerprint density at radius 1 is 1.13 bits per heavy atom. The fourth-order valence-corrected chi connectivity index (χ4v) is 3.47. The highest BCUT2D eigenvalue weighted by atomic mass is 16.5. The number of benzene rings is 2. The van der Waals surface area contributed by atoms with Gasteiger partial charge in [-0.05, 0) is 66.1 Å². The van der Waals surface area contributed by atoms with Gasteiger partial charge in [0.25, 0.3) is 5.91 Å². The zero-order valence-electron chi connectivity index (χ0n) is 17.1. The average Bonchev–Trinajstić information content (AvgIpc) is 3.47. The largest absolute Gasteiger partial charge is 0.497 e. The predicted molar refractivity (Wildman–Crippen MR) is 114 cm³/mol. The van der Waals surface area contributed by atoms with Crippen LogP contribution in [0.4, 0.5) is 0 Å². The first-order valence-corrected chi connectivity index (χ1v) is 9.97. The quantitative estimate of drug-likeness (QED) is 0.577. The molecule has 2 heterocycles. The molecule has 6 heteroatoms. The SMILES string of the molecule is CCc1cccc(OCC(=O)N2N=C(c3ccc(OC)cc3)C[C@@H]2c2ccco2)c1. The number of furan rings is 1.